The highest BCUT2D eigenvalue weighted by Gasteiger charge is 2.24. The zero-order chi connectivity index (χ0) is 20.3. The van der Waals surface area contributed by atoms with Crippen molar-refractivity contribution in [1.29, 1.82) is 0 Å². The molecule has 6 nitrogen and oxygen atoms in total. The molecule has 28 heavy (non-hydrogen) atoms. The Balaban J connectivity index is 1.75. The van der Waals surface area contributed by atoms with E-state index >= 15 is 0 Å². The number of hydrogen-bond acceptors (Lipinski definition) is 5. The first kappa shape index (κ1) is 19.8. The summed E-state index contributed by atoms with van der Waals surface area (Å²) in [5.74, 6) is -0.513. The van der Waals surface area contributed by atoms with Gasteiger partial charge >= 0.3 is 5.97 Å². The van der Waals surface area contributed by atoms with Gasteiger partial charge in [0.1, 0.15) is 0 Å². The topological polar surface area (TPSA) is 75.7 Å². The van der Waals surface area contributed by atoms with Gasteiger partial charge in [-0.3, -0.25) is 14.5 Å². The third-order valence-electron chi connectivity index (χ3n) is 4.71. The molecular weight excluding hydrogens is 356 g/mol. The number of rotatable bonds is 5. The number of benzene rings is 2. The zero-order valence-corrected chi connectivity index (χ0v) is 16.3. The van der Waals surface area contributed by atoms with Gasteiger partial charge in [0, 0.05) is 30.3 Å². The molecule has 1 N–H and O–H groups in total. The number of anilines is 1. The summed E-state index contributed by atoms with van der Waals surface area (Å²) < 4.78 is 4.77. The van der Waals surface area contributed by atoms with E-state index in [2.05, 4.69) is 5.32 Å². The third kappa shape index (κ3) is 4.46. The van der Waals surface area contributed by atoms with E-state index in [0.29, 0.717) is 30.8 Å². The molecular formula is C22H24N2O4. The SMILES string of the molecule is COC(=O)c1ccc2c(c1)CN(Cc1cccc(NC(=O)C(C)C)c1)CC2=O. The van der Waals surface area contributed by atoms with Gasteiger partial charge in [-0.15, -0.1) is 0 Å². The van der Waals surface area contributed by atoms with Crippen LogP contribution in [0.15, 0.2) is 42.5 Å². The standard InChI is InChI=1S/C22H24N2O4/c1-14(2)21(26)23-18-6-4-5-15(9-18)11-24-12-17-10-16(22(27)28-3)7-8-19(17)20(25)13-24/h4-10,14H,11-13H2,1-3H3,(H,23,26). The normalized spacial score (nSPS) is 13.9. The summed E-state index contributed by atoms with van der Waals surface area (Å²) in [6.45, 7) is 5.14. The number of nitrogens with one attached hydrogen (secondary N) is 1. The lowest BCUT2D eigenvalue weighted by Gasteiger charge is -2.28. The summed E-state index contributed by atoms with van der Waals surface area (Å²) in [5.41, 5.74) is 3.66. The number of methoxy groups -OCH3 is 1. The number of ether oxygens (including phenoxy) is 1. The highest BCUT2D eigenvalue weighted by atomic mass is 16.5. The summed E-state index contributed by atoms with van der Waals surface area (Å²) in [4.78, 5) is 38.2. The van der Waals surface area contributed by atoms with Crippen LogP contribution in [-0.4, -0.2) is 36.2 Å². The molecule has 146 valence electrons. The van der Waals surface area contributed by atoms with Crippen LogP contribution in [0.1, 0.15) is 45.7 Å². The van der Waals surface area contributed by atoms with E-state index < -0.39 is 5.97 Å². The lowest BCUT2D eigenvalue weighted by molar-refractivity contribution is -0.118. The van der Waals surface area contributed by atoms with Crippen LogP contribution in [-0.2, 0) is 22.6 Å². The molecule has 1 aliphatic heterocycles. The minimum atomic E-state index is -0.416. The van der Waals surface area contributed by atoms with E-state index in [-0.39, 0.29) is 17.6 Å². The summed E-state index contributed by atoms with van der Waals surface area (Å²) in [7, 11) is 1.34. The molecule has 0 fully saturated rings. The number of Topliss-reactive ketones (excluding diaryl/α,β-unsaturated/α-hetero) is 1. The Morgan fingerprint density at radius 2 is 1.93 bits per heavy atom. The quantitative estimate of drug-likeness (QED) is 0.806. The monoisotopic (exact) mass is 380 g/mol. The van der Waals surface area contributed by atoms with Gasteiger partial charge in [-0.1, -0.05) is 32.0 Å². The van der Waals surface area contributed by atoms with Crippen LogP contribution in [0.5, 0.6) is 0 Å². The Labute approximate surface area is 164 Å². The molecule has 6 heteroatoms. The second-order valence-corrected chi connectivity index (χ2v) is 7.28. The van der Waals surface area contributed by atoms with Crippen molar-refractivity contribution in [3.05, 3.63) is 64.7 Å². The Morgan fingerprint density at radius 3 is 2.64 bits per heavy atom. The predicted octanol–water partition coefficient (Wildman–Crippen LogP) is 3.27. The molecule has 0 saturated heterocycles. The van der Waals surface area contributed by atoms with E-state index in [1.807, 2.05) is 43.0 Å². The number of carbonyl (C=O) groups is 3. The number of carbonyl (C=O) groups excluding carboxylic acids is 3. The molecule has 2 aromatic carbocycles. The van der Waals surface area contributed by atoms with Crippen molar-refractivity contribution in [1.82, 2.24) is 4.90 Å². The number of ketones is 1. The second kappa shape index (κ2) is 8.35. The van der Waals surface area contributed by atoms with E-state index in [1.165, 1.54) is 7.11 Å². The molecule has 0 radical (unpaired) electrons. The Hall–Kier alpha value is -2.99. The van der Waals surface area contributed by atoms with Gasteiger partial charge in [-0.2, -0.15) is 0 Å². The largest absolute Gasteiger partial charge is 0.465 e. The predicted molar refractivity (Wildman–Crippen MR) is 106 cm³/mol. The van der Waals surface area contributed by atoms with Crippen molar-refractivity contribution in [2.45, 2.75) is 26.9 Å². The maximum Gasteiger partial charge on any atom is 0.337 e. The number of hydrogen-bond donors (Lipinski definition) is 1. The number of esters is 1. The molecule has 0 saturated carbocycles. The molecule has 2 aromatic rings. The third-order valence-corrected chi connectivity index (χ3v) is 4.71. The van der Waals surface area contributed by atoms with Gasteiger partial charge in [0.05, 0.1) is 19.2 Å². The number of amides is 1. The molecule has 0 atom stereocenters. The zero-order valence-electron chi connectivity index (χ0n) is 16.3. The van der Waals surface area contributed by atoms with Crippen molar-refractivity contribution in [2.24, 2.45) is 5.92 Å². The molecule has 0 aromatic heterocycles. The fourth-order valence-electron chi connectivity index (χ4n) is 3.23. The van der Waals surface area contributed by atoms with Gasteiger partial charge < -0.3 is 10.1 Å². The molecule has 0 spiro atoms. The summed E-state index contributed by atoms with van der Waals surface area (Å²) in [6.07, 6.45) is 0. The number of fused-ring (bicyclic) bond motifs is 1. The molecule has 0 aliphatic carbocycles. The van der Waals surface area contributed by atoms with E-state index in [9.17, 15) is 14.4 Å². The molecule has 0 unspecified atom stereocenters. The van der Waals surface area contributed by atoms with Gasteiger partial charge in [0.15, 0.2) is 5.78 Å². The average molecular weight is 380 g/mol. The second-order valence-electron chi connectivity index (χ2n) is 7.28. The Bertz CT molecular complexity index is 921. The van der Waals surface area contributed by atoms with Gasteiger partial charge in [-0.05, 0) is 35.4 Å². The maximum absolute atomic E-state index is 12.5. The molecule has 1 heterocycles. The highest BCUT2D eigenvalue weighted by Crippen LogP contribution is 2.23. The lowest BCUT2D eigenvalue weighted by Crippen LogP contribution is -2.34. The van der Waals surface area contributed by atoms with Crippen LogP contribution in [0.2, 0.25) is 0 Å². The first-order valence-electron chi connectivity index (χ1n) is 9.24. The minimum absolute atomic E-state index is 0.0296. The summed E-state index contributed by atoms with van der Waals surface area (Å²) in [6, 6.07) is 12.7. The van der Waals surface area contributed by atoms with E-state index in [1.54, 1.807) is 18.2 Å². The van der Waals surface area contributed by atoms with Crippen molar-refractivity contribution in [2.75, 3.05) is 19.0 Å². The summed E-state index contributed by atoms with van der Waals surface area (Å²) >= 11 is 0. The minimum Gasteiger partial charge on any atom is -0.465 e. The Kier molecular flexibility index (Phi) is 5.90. The summed E-state index contributed by atoms with van der Waals surface area (Å²) in [5, 5.41) is 2.89. The maximum atomic E-state index is 12.5. The fourth-order valence-corrected chi connectivity index (χ4v) is 3.23. The van der Waals surface area contributed by atoms with Crippen LogP contribution in [0.4, 0.5) is 5.69 Å². The van der Waals surface area contributed by atoms with Gasteiger partial charge in [-0.25, -0.2) is 4.79 Å². The van der Waals surface area contributed by atoms with Crippen LogP contribution in [0, 0.1) is 5.92 Å². The van der Waals surface area contributed by atoms with E-state index in [0.717, 1.165) is 16.8 Å². The van der Waals surface area contributed by atoms with Crippen molar-refractivity contribution in [3.8, 4) is 0 Å². The molecule has 1 aliphatic rings. The smallest absolute Gasteiger partial charge is 0.337 e. The van der Waals surface area contributed by atoms with Crippen molar-refractivity contribution >= 4 is 23.3 Å². The fraction of sp³-hybridized carbons (Fsp3) is 0.318. The lowest BCUT2D eigenvalue weighted by atomic mass is 9.96. The first-order valence-corrected chi connectivity index (χ1v) is 9.24. The Morgan fingerprint density at radius 1 is 1.14 bits per heavy atom. The van der Waals surface area contributed by atoms with Crippen LogP contribution in [0.3, 0.4) is 0 Å². The van der Waals surface area contributed by atoms with Crippen molar-refractivity contribution in [3.63, 3.8) is 0 Å². The van der Waals surface area contributed by atoms with Crippen LogP contribution < -0.4 is 5.32 Å². The van der Waals surface area contributed by atoms with Gasteiger partial charge in [0.25, 0.3) is 0 Å². The first-order chi connectivity index (χ1) is 13.4. The molecule has 3 rings (SSSR count). The molecule has 0 bridgehead atoms. The number of nitrogens with zero attached hydrogens (tertiary/aromatic N) is 1. The van der Waals surface area contributed by atoms with Crippen LogP contribution >= 0.6 is 0 Å². The van der Waals surface area contributed by atoms with Crippen molar-refractivity contribution < 1.29 is 19.1 Å². The van der Waals surface area contributed by atoms with Gasteiger partial charge in [0.2, 0.25) is 5.91 Å². The van der Waals surface area contributed by atoms with Crippen LogP contribution in [0.25, 0.3) is 0 Å². The average Bonchev–Trinajstić information content (AvgIpc) is 2.67. The molecule has 1 amide bonds. The highest BCUT2D eigenvalue weighted by molar-refractivity contribution is 6.01. The van der Waals surface area contributed by atoms with E-state index in [4.69, 9.17) is 4.74 Å².